The molecule has 0 aromatic heterocycles. The van der Waals surface area contributed by atoms with Crippen molar-refractivity contribution in [1.82, 2.24) is 0 Å². The predicted octanol–water partition coefficient (Wildman–Crippen LogP) is 2.90. The van der Waals surface area contributed by atoms with Crippen molar-refractivity contribution in [2.24, 2.45) is 0 Å². The maximum atomic E-state index is 12.1. The van der Waals surface area contributed by atoms with Crippen molar-refractivity contribution in [3.8, 4) is 0 Å². The van der Waals surface area contributed by atoms with Crippen LogP contribution in [0.3, 0.4) is 0 Å². The molecular formula is C9H21O2P. The van der Waals surface area contributed by atoms with Gasteiger partial charge in [-0.15, -0.1) is 0 Å². The van der Waals surface area contributed by atoms with Crippen molar-refractivity contribution in [3.63, 3.8) is 0 Å². The van der Waals surface area contributed by atoms with E-state index in [0.29, 0.717) is 6.42 Å². The molecule has 0 radical (unpaired) electrons. The minimum Gasteiger partial charge on any atom is -0.385 e. The Morgan fingerprint density at radius 1 is 1.17 bits per heavy atom. The molecule has 0 amide bonds. The lowest BCUT2D eigenvalue weighted by Crippen LogP contribution is -2.16. The highest BCUT2D eigenvalue weighted by Crippen LogP contribution is 2.54. The van der Waals surface area contributed by atoms with Crippen LogP contribution in [-0.2, 0) is 4.57 Å². The smallest absolute Gasteiger partial charge is 0.115 e. The molecule has 3 heteroatoms. The van der Waals surface area contributed by atoms with Crippen LogP contribution in [0.4, 0.5) is 0 Å². The summed E-state index contributed by atoms with van der Waals surface area (Å²) in [4.78, 5) is 0. The molecule has 0 saturated carbocycles. The lowest BCUT2D eigenvalue weighted by molar-refractivity contribution is 0.241. The molecule has 0 rings (SSSR count). The van der Waals surface area contributed by atoms with Gasteiger partial charge < -0.3 is 9.67 Å². The average molecular weight is 192 g/mol. The molecule has 74 valence electrons. The van der Waals surface area contributed by atoms with Crippen LogP contribution < -0.4 is 0 Å². The molecular weight excluding hydrogens is 171 g/mol. The molecule has 2 atom stereocenters. The van der Waals surface area contributed by atoms with Crippen LogP contribution in [0.2, 0.25) is 0 Å². The van der Waals surface area contributed by atoms with E-state index in [1.165, 1.54) is 0 Å². The van der Waals surface area contributed by atoms with Gasteiger partial charge >= 0.3 is 0 Å². The summed E-state index contributed by atoms with van der Waals surface area (Å²) in [6.07, 6.45) is 2.41. The Morgan fingerprint density at radius 3 is 1.83 bits per heavy atom. The maximum absolute atomic E-state index is 12.1. The van der Waals surface area contributed by atoms with Gasteiger partial charge in [-0.1, -0.05) is 20.8 Å². The van der Waals surface area contributed by atoms with E-state index in [0.717, 1.165) is 12.8 Å². The minimum atomic E-state index is -2.34. The molecule has 0 aliphatic carbocycles. The van der Waals surface area contributed by atoms with Gasteiger partial charge in [0, 0.05) is 5.66 Å². The predicted molar refractivity (Wildman–Crippen MR) is 54.2 cm³/mol. The van der Waals surface area contributed by atoms with Gasteiger partial charge in [-0.05, 0) is 25.9 Å². The van der Waals surface area contributed by atoms with E-state index in [9.17, 15) is 9.67 Å². The Morgan fingerprint density at radius 2 is 1.58 bits per heavy atom. The van der Waals surface area contributed by atoms with Crippen LogP contribution in [0.25, 0.3) is 0 Å². The lowest BCUT2D eigenvalue weighted by atomic mass is 10.3. The molecule has 0 spiro atoms. The van der Waals surface area contributed by atoms with Gasteiger partial charge in [-0.3, -0.25) is 0 Å². The third-order valence-corrected chi connectivity index (χ3v) is 6.35. The molecule has 0 heterocycles. The van der Waals surface area contributed by atoms with Gasteiger partial charge in [0.2, 0.25) is 0 Å². The average Bonchev–Trinajstić information content (AvgIpc) is 2.04. The molecule has 0 aromatic carbocycles. The summed E-state index contributed by atoms with van der Waals surface area (Å²) in [7, 11) is -2.34. The number of aliphatic hydroxyl groups is 1. The van der Waals surface area contributed by atoms with Crippen LogP contribution in [0.5, 0.6) is 0 Å². The van der Waals surface area contributed by atoms with Crippen LogP contribution in [0.1, 0.15) is 40.0 Å². The van der Waals surface area contributed by atoms with E-state index in [2.05, 4.69) is 0 Å². The number of rotatable bonds is 5. The molecule has 0 fully saturated rings. The molecule has 0 saturated heterocycles. The van der Waals surface area contributed by atoms with E-state index in [4.69, 9.17) is 0 Å². The van der Waals surface area contributed by atoms with E-state index in [-0.39, 0.29) is 5.66 Å². The molecule has 2 unspecified atom stereocenters. The Labute approximate surface area is 75.7 Å². The fourth-order valence-electron chi connectivity index (χ4n) is 1.62. The lowest BCUT2D eigenvalue weighted by Gasteiger charge is -2.26. The molecule has 1 N–H and O–H groups in total. The van der Waals surface area contributed by atoms with Crippen LogP contribution in [0, 0.1) is 0 Å². The van der Waals surface area contributed by atoms with Gasteiger partial charge in [0.1, 0.15) is 13.0 Å². The SMILES string of the molecule is CCC(O)P(C)(=O)C(CC)CC. The second kappa shape index (κ2) is 5.04. The van der Waals surface area contributed by atoms with E-state index in [1.807, 2.05) is 20.8 Å². The largest absolute Gasteiger partial charge is 0.385 e. The molecule has 12 heavy (non-hydrogen) atoms. The topological polar surface area (TPSA) is 37.3 Å². The summed E-state index contributed by atoms with van der Waals surface area (Å²) in [5.41, 5.74) is 0.201. The standard InChI is InChI=1S/C9H21O2P/c1-5-8(6-2)12(4,11)9(10)7-3/h8-10H,5-7H2,1-4H3. The second-order valence-corrected chi connectivity index (χ2v) is 6.86. The fraction of sp³-hybridized carbons (Fsp3) is 1.00. The molecule has 0 bridgehead atoms. The van der Waals surface area contributed by atoms with Crippen LogP contribution in [-0.4, -0.2) is 23.3 Å². The summed E-state index contributed by atoms with van der Waals surface area (Å²) >= 11 is 0. The Hall–Kier alpha value is 0.190. The van der Waals surface area contributed by atoms with Gasteiger partial charge in [0.05, 0.1) is 0 Å². The van der Waals surface area contributed by atoms with Crippen molar-refractivity contribution >= 4 is 7.14 Å². The highest BCUT2D eigenvalue weighted by atomic mass is 31.2. The van der Waals surface area contributed by atoms with Gasteiger partial charge in [-0.2, -0.15) is 0 Å². The van der Waals surface area contributed by atoms with E-state index in [1.54, 1.807) is 6.66 Å². The Bertz CT molecular complexity index is 164. The zero-order chi connectivity index (χ0) is 9.78. The molecule has 0 aliphatic rings. The molecule has 0 aliphatic heterocycles. The Kier molecular flexibility index (Phi) is 5.12. The summed E-state index contributed by atoms with van der Waals surface area (Å²) in [6, 6.07) is 0. The first kappa shape index (κ1) is 12.2. The first-order chi connectivity index (χ1) is 5.50. The third-order valence-electron chi connectivity index (χ3n) is 2.62. The van der Waals surface area contributed by atoms with Gasteiger partial charge in [0.15, 0.2) is 0 Å². The normalized spacial score (nSPS) is 19.2. The third kappa shape index (κ3) is 2.60. The quantitative estimate of drug-likeness (QED) is 0.680. The van der Waals surface area contributed by atoms with Crippen molar-refractivity contribution < 1.29 is 9.67 Å². The molecule has 0 aromatic rings. The summed E-state index contributed by atoms with van der Waals surface area (Å²) < 4.78 is 12.1. The monoisotopic (exact) mass is 192 g/mol. The van der Waals surface area contributed by atoms with Crippen LogP contribution in [0.15, 0.2) is 0 Å². The zero-order valence-corrected chi connectivity index (χ0v) is 9.47. The highest BCUT2D eigenvalue weighted by Gasteiger charge is 2.31. The molecule has 2 nitrogen and oxygen atoms in total. The van der Waals surface area contributed by atoms with Crippen molar-refractivity contribution in [3.05, 3.63) is 0 Å². The van der Waals surface area contributed by atoms with E-state index < -0.39 is 13.0 Å². The summed E-state index contributed by atoms with van der Waals surface area (Å²) in [5.74, 6) is -0.595. The fourth-order valence-corrected chi connectivity index (χ4v) is 4.28. The van der Waals surface area contributed by atoms with Gasteiger partial charge in [0.25, 0.3) is 0 Å². The first-order valence-electron chi connectivity index (χ1n) is 4.75. The highest BCUT2D eigenvalue weighted by molar-refractivity contribution is 7.64. The number of aliphatic hydroxyl groups excluding tert-OH is 1. The second-order valence-electron chi connectivity index (χ2n) is 3.42. The summed E-state index contributed by atoms with van der Waals surface area (Å²) in [5, 5.41) is 9.56. The van der Waals surface area contributed by atoms with Crippen molar-refractivity contribution in [2.45, 2.75) is 51.5 Å². The summed E-state index contributed by atoms with van der Waals surface area (Å²) in [6.45, 7) is 7.68. The van der Waals surface area contributed by atoms with Crippen molar-refractivity contribution in [2.75, 3.05) is 6.66 Å². The minimum absolute atomic E-state index is 0.201. The number of hydrogen-bond donors (Lipinski definition) is 1. The van der Waals surface area contributed by atoms with Gasteiger partial charge in [-0.25, -0.2) is 0 Å². The number of hydrogen-bond acceptors (Lipinski definition) is 2. The maximum Gasteiger partial charge on any atom is 0.115 e. The van der Waals surface area contributed by atoms with E-state index >= 15 is 0 Å². The van der Waals surface area contributed by atoms with Crippen LogP contribution >= 0.6 is 7.14 Å². The first-order valence-corrected chi connectivity index (χ1v) is 7.04. The Balaban J connectivity index is 4.45. The van der Waals surface area contributed by atoms with Crippen molar-refractivity contribution in [1.29, 1.82) is 0 Å². The zero-order valence-electron chi connectivity index (χ0n) is 8.58.